The number of unbranched alkanes of at least 4 members (excludes halogenated alkanes) is 9. The Bertz CT molecular complexity index is 621. The van der Waals surface area contributed by atoms with Crippen molar-refractivity contribution < 1.29 is 19.1 Å². The van der Waals surface area contributed by atoms with Crippen LogP contribution in [0.15, 0.2) is 36.4 Å². The van der Waals surface area contributed by atoms with Crippen molar-refractivity contribution in [1.29, 1.82) is 0 Å². The second-order valence-electron chi connectivity index (χ2n) is 7.67. The summed E-state index contributed by atoms with van der Waals surface area (Å²) in [5, 5.41) is 0. The molecule has 0 amide bonds. The lowest BCUT2D eigenvalue weighted by Gasteiger charge is -2.09. The van der Waals surface area contributed by atoms with Crippen LogP contribution in [-0.4, -0.2) is 25.2 Å². The largest absolute Gasteiger partial charge is 0.462 e. The average molecular weight is 417 g/mol. The minimum absolute atomic E-state index is 0.269. The number of carbonyl (C=O) groups excluding carboxylic acids is 2. The molecule has 30 heavy (non-hydrogen) atoms. The molecule has 0 N–H and O–H groups in total. The van der Waals surface area contributed by atoms with Crippen LogP contribution in [0, 0.1) is 0 Å². The molecule has 0 aliphatic rings. The third kappa shape index (κ3) is 11.8. The van der Waals surface area contributed by atoms with Gasteiger partial charge in [0.05, 0.1) is 24.3 Å². The van der Waals surface area contributed by atoms with Crippen molar-refractivity contribution in [3.8, 4) is 0 Å². The van der Waals surface area contributed by atoms with Gasteiger partial charge in [0.15, 0.2) is 0 Å². The Labute approximate surface area is 183 Å². The molecule has 1 rings (SSSR count). The normalized spacial score (nSPS) is 11.0. The summed E-state index contributed by atoms with van der Waals surface area (Å²) in [5.74, 6) is -0.935. The Morgan fingerprint density at radius 2 is 1.20 bits per heavy atom. The van der Waals surface area contributed by atoms with Crippen molar-refractivity contribution in [1.82, 2.24) is 0 Å². The fraction of sp³-hybridized carbons (Fsp3) is 0.615. The molecular formula is C26H40O4. The lowest BCUT2D eigenvalue weighted by Crippen LogP contribution is -2.14. The summed E-state index contributed by atoms with van der Waals surface area (Å²) in [6.45, 7) is 4.99. The molecular weight excluding hydrogens is 376 g/mol. The third-order valence-corrected chi connectivity index (χ3v) is 5.02. The van der Waals surface area contributed by atoms with E-state index in [1.165, 1.54) is 51.4 Å². The maximum atomic E-state index is 12.4. The molecule has 0 atom stereocenters. The first kappa shape index (κ1) is 25.9. The Balaban J connectivity index is 2.25. The number of carbonyl (C=O) groups is 2. The summed E-state index contributed by atoms with van der Waals surface area (Å²) < 4.78 is 10.7. The lowest BCUT2D eigenvalue weighted by molar-refractivity contribution is 0.0457. The van der Waals surface area contributed by atoms with Crippen molar-refractivity contribution in [2.45, 2.75) is 90.9 Å². The highest BCUT2D eigenvalue weighted by molar-refractivity contribution is 6.03. The Kier molecular flexibility index (Phi) is 15.3. The van der Waals surface area contributed by atoms with Crippen LogP contribution < -0.4 is 0 Å². The van der Waals surface area contributed by atoms with Gasteiger partial charge in [-0.2, -0.15) is 0 Å². The van der Waals surface area contributed by atoms with Gasteiger partial charge in [-0.15, -0.1) is 0 Å². The van der Waals surface area contributed by atoms with Crippen molar-refractivity contribution in [3.63, 3.8) is 0 Å². The van der Waals surface area contributed by atoms with Gasteiger partial charge in [-0.1, -0.05) is 95.9 Å². The summed E-state index contributed by atoms with van der Waals surface area (Å²) in [6.07, 6.45) is 18.0. The zero-order chi connectivity index (χ0) is 21.9. The average Bonchev–Trinajstić information content (AvgIpc) is 2.77. The second kappa shape index (κ2) is 17.7. The number of esters is 2. The van der Waals surface area contributed by atoms with Gasteiger partial charge in [-0.25, -0.2) is 9.59 Å². The van der Waals surface area contributed by atoms with E-state index in [-0.39, 0.29) is 11.1 Å². The molecule has 0 bridgehead atoms. The number of rotatable bonds is 17. The van der Waals surface area contributed by atoms with E-state index in [4.69, 9.17) is 9.47 Å². The minimum Gasteiger partial charge on any atom is -0.462 e. The van der Waals surface area contributed by atoms with E-state index in [9.17, 15) is 9.59 Å². The highest BCUT2D eigenvalue weighted by atomic mass is 16.5. The van der Waals surface area contributed by atoms with Crippen molar-refractivity contribution in [3.05, 3.63) is 47.5 Å². The van der Waals surface area contributed by atoms with Crippen LogP contribution in [0.1, 0.15) is 112 Å². The van der Waals surface area contributed by atoms with Crippen LogP contribution in [-0.2, 0) is 9.47 Å². The molecule has 0 heterocycles. The Morgan fingerprint density at radius 3 is 1.73 bits per heavy atom. The third-order valence-electron chi connectivity index (χ3n) is 5.02. The molecule has 168 valence electrons. The fourth-order valence-corrected chi connectivity index (χ4v) is 3.25. The molecule has 0 unspecified atom stereocenters. The predicted octanol–water partition coefficient (Wildman–Crippen LogP) is 7.28. The maximum Gasteiger partial charge on any atom is 0.339 e. The van der Waals surface area contributed by atoms with Crippen LogP contribution in [0.5, 0.6) is 0 Å². The molecule has 0 aromatic heterocycles. The molecule has 0 aliphatic carbocycles. The predicted molar refractivity (Wildman–Crippen MR) is 123 cm³/mol. The number of hydrogen-bond donors (Lipinski definition) is 0. The summed E-state index contributed by atoms with van der Waals surface area (Å²) >= 11 is 0. The summed E-state index contributed by atoms with van der Waals surface area (Å²) in [5.41, 5.74) is 0.545. The van der Waals surface area contributed by atoms with E-state index in [0.717, 1.165) is 19.3 Å². The van der Waals surface area contributed by atoms with Crippen LogP contribution >= 0.6 is 0 Å². The molecule has 4 nitrogen and oxygen atoms in total. The van der Waals surface area contributed by atoms with Crippen molar-refractivity contribution >= 4 is 11.9 Å². The number of allylic oxidation sites excluding steroid dienone is 1. The molecule has 0 spiro atoms. The van der Waals surface area contributed by atoms with Gasteiger partial charge < -0.3 is 9.47 Å². The van der Waals surface area contributed by atoms with Gasteiger partial charge in [0, 0.05) is 0 Å². The first-order valence-electron chi connectivity index (χ1n) is 11.8. The SMILES string of the molecule is CC/C=C/CCOC(=O)c1ccccc1C(=O)OCCCCCCCCCCCC. The highest BCUT2D eigenvalue weighted by Crippen LogP contribution is 2.14. The van der Waals surface area contributed by atoms with E-state index in [2.05, 4.69) is 13.8 Å². The van der Waals surface area contributed by atoms with Crippen LogP contribution in [0.4, 0.5) is 0 Å². The van der Waals surface area contributed by atoms with Crippen LogP contribution in [0.3, 0.4) is 0 Å². The standard InChI is InChI=1S/C26H40O4/c1-3-5-7-9-10-11-12-13-14-18-22-30-26(28)24-20-16-15-19-23(24)25(27)29-21-17-8-6-4-2/h6,8,15-16,19-20H,3-5,7,9-14,17-18,21-22H2,1-2H3/b8-6+. The van der Waals surface area contributed by atoms with Crippen LogP contribution in [0.25, 0.3) is 0 Å². The zero-order valence-corrected chi connectivity index (χ0v) is 19.0. The van der Waals surface area contributed by atoms with E-state index >= 15 is 0 Å². The molecule has 0 saturated heterocycles. The zero-order valence-electron chi connectivity index (χ0n) is 19.0. The number of hydrogen-bond acceptors (Lipinski definition) is 4. The topological polar surface area (TPSA) is 52.6 Å². The van der Waals surface area contributed by atoms with Crippen LogP contribution in [0.2, 0.25) is 0 Å². The molecule has 0 fully saturated rings. The molecule has 1 aromatic carbocycles. The smallest absolute Gasteiger partial charge is 0.339 e. The molecule has 0 saturated carbocycles. The van der Waals surface area contributed by atoms with Crippen molar-refractivity contribution in [2.75, 3.05) is 13.2 Å². The van der Waals surface area contributed by atoms with Gasteiger partial charge in [0.1, 0.15) is 0 Å². The van der Waals surface area contributed by atoms with Gasteiger partial charge in [0.2, 0.25) is 0 Å². The molecule has 0 radical (unpaired) electrons. The Hall–Kier alpha value is -2.10. The highest BCUT2D eigenvalue weighted by Gasteiger charge is 2.18. The van der Waals surface area contributed by atoms with Gasteiger partial charge >= 0.3 is 11.9 Å². The first-order valence-corrected chi connectivity index (χ1v) is 11.8. The second-order valence-corrected chi connectivity index (χ2v) is 7.67. The fourth-order valence-electron chi connectivity index (χ4n) is 3.25. The van der Waals surface area contributed by atoms with E-state index in [1.54, 1.807) is 24.3 Å². The first-order chi connectivity index (χ1) is 14.7. The maximum absolute atomic E-state index is 12.4. The quantitative estimate of drug-likeness (QED) is 0.152. The number of ether oxygens (including phenoxy) is 2. The van der Waals surface area contributed by atoms with Gasteiger partial charge in [-0.3, -0.25) is 0 Å². The number of benzene rings is 1. The summed E-state index contributed by atoms with van der Waals surface area (Å²) in [4.78, 5) is 24.7. The Morgan fingerprint density at radius 1 is 0.700 bits per heavy atom. The van der Waals surface area contributed by atoms with E-state index in [1.807, 2.05) is 12.2 Å². The van der Waals surface area contributed by atoms with Gasteiger partial charge in [-0.05, 0) is 31.4 Å². The monoisotopic (exact) mass is 416 g/mol. The van der Waals surface area contributed by atoms with E-state index in [0.29, 0.717) is 19.6 Å². The van der Waals surface area contributed by atoms with E-state index < -0.39 is 11.9 Å². The van der Waals surface area contributed by atoms with Crippen molar-refractivity contribution in [2.24, 2.45) is 0 Å². The minimum atomic E-state index is -0.480. The molecule has 0 aliphatic heterocycles. The van der Waals surface area contributed by atoms with Gasteiger partial charge in [0.25, 0.3) is 0 Å². The summed E-state index contributed by atoms with van der Waals surface area (Å²) in [7, 11) is 0. The summed E-state index contributed by atoms with van der Waals surface area (Å²) in [6, 6.07) is 6.69. The molecule has 1 aromatic rings. The molecule has 4 heteroatoms. The lowest BCUT2D eigenvalue weighted by atomic mass is 10.1.